The molecular formula is C16H13N5O. The van der Waals surface area contributed by atoms with Gasteiger partial charge in [-0.1, -0.05) is 41.5 Å². The number of fused-ring (bicyclic) bond motifs is 1. The average Bonchev–Trinajstić information content (AvgIpc) is 3.20. The second-order valence-electron chi connectivity index (χ2n) is 4.85. The first-order valence-corrected chi connectivity index (χ1v) is 6.95. The molecule has 0 aliphatic heterocycles. The van der Waals surface area contributed by atoms with Gasteiger partial charge in [-0.2, -0.15) is 4.68 Å². The Hall–Kier alpha value is -3.15. The fraction of sp³-hybridized carbons (Fsp3) is 0.0625. The van der Waals surface area contributed by atoms with Crippen LogP contribution in [0.4, 0.5) is 5.95 Å². The number of aromatic nitrogens is 4. The van der Waals surface area contributed by atoms with Crippen LogP contribution in [-0.2, 0) is 6.54 Å². The van der Waals surface area contributed by atoms with Crippen LogP contribution in [0.2, 0.25) is 0 Å². The first-order valence-electron chi connectivity index (χ1n) is 6.95. The molecule has 1 N–H and O–H groups in total. The van der Waals surface area contributed by atoms with Crippen molar-refractivity contribution in [2.45, 2.75) is 6.54 Å². The van der Waals surface area contributed by atoms with E-state index in [1.54, 1.807) is 4.68 Å². The summed E-state index contributed by atoms with van der Waals surface area (Å²) in [5.74, 6) is 1.41. The minimum Gasteiger partial charge on any atom is -0.459 e. The van der Waals surface area contributed by atoms with E-state index in [0.717, 1.165) is 22.4 Å². The van der Waals surface area contributed by atoms with Crippen LogP contribution in [0.1, 0.15) is 5.76 Å². The van der Waals surface area contributed by atoms with Gasteiger partial charge in [0, 0.05) is 5.39 Å². The second-order valence-corrected chi connectivity index (χ2v) is 4.85. The van der Waals surface area contributed by atoms with Crippen molar-refractivity contribution in [3.05, 3.63) is 66.4 Å². The van der Waals surface area contributed by atoms with Crippen molar-refractivity contribution in [2.24, 2.45) is 0 Å². The standard InChI is InChI=1S/C16H13N5O/c1-2-7-13(8-3-1)21-16(18-19-20-21)17-11-14-10-12-6-4-5-9-15(12)22-14/h1-10H,11H2,(H,17,18,20). The van der Waals surface area contributed by atoms with Crippen LogP contribution in [0.15, 0.2) is 65.1 Å². The van der Waals surface area contributed by atoms with Crippen molar-refractivity contribution < 1.29 is 4.42 Å². The molecule has 4 rings (SSSR count). The van der Waals surface area contributed by atoms with Crippen LogP contribution in [0.3, 0.4) is 0 Å². The summed E-state index contributed by atoms with van der Waals surface area (Å²) >= 11 is 0. The number of benzene rings is 2. The summed E-state index contributed by atoms with van der Waals surface area (Å²) in [6, 6.07) is 19.7. The lowest BCUT2D eigenvalue weighted by Gasteiger charge is -2.05. The van der Waals surface area contributed by atoms with Gasteiger partial charge in [-0.3, -0.25) is 0 Å². The Morgan fingerprint density at radius 1 is 1.00 bits per heavy atom. The van der Waals surface area contributed by atoms with Crippen molar-refractivity contribution in [3.8, 4) is 5.69 Å². The summed E-state index contributed by atoms with van der Waals surface area (Å²) in [4.78, 5) is 0. The number of hydrogen-bond acceptors (Lipinski definition) is 5. The molecule has 2 heterocycles. The predicted molar refractivity (Wildman–Crippen MR) is 82.7 cm³/mol. The zero-order chi connectivity index (χ0) is 14.8. The molecular weight excluding hydrogens is 278 g/mol. The molecule has 0 bridgehead atoms. The van der Waals surface area contributed by atoms with E-state index in [4.69, 9.17) is 4.42 Å². The third kappa shape index (κ3) is 2.31. The molecule has 0 amide bonds. The van der Waals surface area contributed by atoms with Gasteiger partial charge in [0.05, 0.1) is 12.2 Å². The minimum atomic E-state index is 0.516. The van der Waals surface area contributed by atoms with Crippen molar-refractivity contribution in [1.82, 2.24) is 20.2 Å². The minimum absolute atomic E-state index is 0.516. The van der Waals surface area contributed by atoms with Gasteiger partial charge in [-0.05, 0) is 34.7 Å². The largest absolute Gasteiger partial charge is 0.459 e. The summed E-state index contributed by atoms with van der Waals surface area (Å²) in [5, 5.41) is 16.0. The van der Waals surface area contributed by atoms with Crippen molar-refractivity contribution in [1.29, 1.82) is 0 Å². The van der Waals surface area contributed by atoms with Crippen LogP contribution in [0, 0.1) is 0 Å². The number of tetrazole rings is 1. The van der Waals surface area contributed by atoms with Crippen LogP contribution < -0.4 is 5.32 Å². The van der Waals surface area contributed by atoms with Crippen LogP contribution >= 0.6 is 0 Å². The zero-order valence-electron chi connectivity index (χ0n) is 11.7. The highest BCUT2D eigenvalue weighted by Crippen LogP contribution is 2.19. The Bertz CT molecular complexity index is 864. The van der Waals surface area contributed by atoms with Gasteiger partial charge < -0.3 is 9.73 Å². The molecule has 2 aromatic carbocycles. The van der Waals surface area contributed by atoms with E-state index in [1.165, 1.54) is 0 Å². The van der Waals surface area contributed by atoms with Gasteiger partial charge in [0.2, 0.25) is 5.95 Å². The summed E-state index contributed by atoms with van der Waals surface area (Å²) in [7, 11) is 0. The van der Waals surface area contributed by atoms with Gasteiger partial charge in [-0.15, -0.1) is 0 Å². The molecule has 108 valence electrons. The lowest BCUT2D eigenvalue weighted by molar-refractivity contribution is 0.558. The molecule has 0 saturated heterocycles. The SMILES string of the molecule is c1ccc(-n2nnnc2NCc2cc3ccccc3o2)cc1. The topological polar surface area (TPSA) is 68.8 Å². The average molecular weight is 291 g/mol. The number of hydrogen-bond donors (Lipinski definition) is 1. The highest BCUT2D eigenvalue weighted by Gasteiger charge is 2.09. The molecule has 0 aliphatic carbocycles. The third-order valence-electron chi connectivity index (χ3n) is 3.37. The van der Waals surface area contributed by atoms with Gasteiger partial charge in [-0.25, -0.2) is 0 Å². The molecule has 0 spiro atoms. The number of nitrogens with zero attached hydrogens (tertiary/aromatic N) is 4. The van der Waals surface area contributed by atoms with Gasteiger partial charge in [0.1, 0.15) is 11.3 Å². The molecule has 4 aromatic rings. The van der Waals surface area contributed by atoms with E-state index < -0.39 is 0 Å². The molecule has 0 saturated carbocycles. The number of anilines is 1. The van der Waals surface area contributed by atoms with E-state index in [0.29, 0.717) is 12.5 Å². The predicted octanol–water partition coefficient (Wildman–Crippen LogP) is 3.02. The number of para-hydroxylation sites is 2. The summed E-state index contributed by atoms with van der Waals surface area (Å²) in [5.41, 5.74) is 1.78. The third-order valence-corrected chi connectivity index (χ3v) is 3.37. The van der Waals surface area contributed by atoms with Gasteiger partial charge in [0.25, 0.3) is 0 Å². The number of furan rings is 1. The monoisotopic (exact) mass is 291 g/mol. The Kier molecular flexibility index (Phi) is 3.05. The Balaban J connectivity index is 1.56. The van der Waals surface area contributed by atoms with Crippen LogP contribution in [-0.4, -0.2) is 20.2 Å². The molecule has 6 nitrogen and oxygen atoms in total. The van der Waals surface area contributed by atoms with E-state index in [-0.39, 0.29) is 0 Å². The maximum absolute atomic E-state index is 5.77. The molecule has 2 aromatic heterocycles. The van der Waals surface area contributed by atoms with E-state index in [9.17, 15) is 0 Å². The lowest BCUT2D eigenvalue weighted by Crippen LogP contribution is -2.06. The van der Waals surface area contributed by atoms with Crippen LogP contribution in [0.5, 0.6) is 0 Å². The highest BCUT2D eigenvalue weighted by molar-refractivity contribution is 5.77. The first-order chi connectivity index (χ1) is 10.9. The zero-order valence-corrected chi connectivity index (χ0v) is 11.7. The summed E-state index contributed by atoms with van der Waals surface area (Å²) in [6.45, 7) is 0.516. The van der Waals surface area contributed by atoms with E-state index in [2.05, 4.69) is 20.8 Å². The molecule has 6 heteroatoms. The van der Waals surface area contributed by atoms with Gasteiger partial charge >= 0.3 is 0 Å². The molecule has 0 unspecified atom stereocenters. The van der Waals surface area contributed by atoms with Gasteiger partial charge in [0.15, 0.2) is 0 Å². The molecule has 22 heavy (non-hydrogen) atoms. The smallest absolute Gasteiger partial charge is 0.248 e. The van der Waals surface area contributed by atoms with E-state index >= 15 is 0 Å². The molecule has 0 radical (unpaired) electrons. The highest BCUT2D eigenvalue weighted by atomic mass is 16.3. The number of rotatable bonds is 4. The summed E-state index contributed by atoms with van der Waals surface area (Å²) in [6.07, 6.45) is 0. The molecule has 0 atom stereocenters. The maximum atomic E-state index is 5.77. The van der Waals surface area contributed by atoms with Crippen LogP contribution in [0.25, 0.3) is 16.7 Å². The molecule has 0 fully saturated rings. The normalized spacial score (nSPS) is 10.9. The fourth-order valence-electron chi connectivity index (χ4n) is 2.33. The Morgan fingerprint density at radius 2 is 1.82 bits per heavy atom. The summed E-state index contributed by atoms with van der Waals surface area (Å²) < 4.78 is 7.43. The second kappa shape index (κ2) is 5.33. The van der Waals surface area contributed by atoms with Crippen molar-refractivity contribution in [2.75, 3.05) is 5.32 Å². The Morgan fingerprint density at radius 3 is 2.68 bits per heavy atom. The quantitative estimate of drug-likeness (QED) is 0.626. The Labute approximate surface area is 126 Å². The van der Waals surface area contributed by atoms with E-state index in [1.807, 2.05) is 60.7 Å². The van der Waals surface area contributed by atoms with Crippen molar-refractivity contribution >= 4 is 16.9 Å². The fourth-order valence-corrected chi connectivity index (χ4v) is 2.33. The lowest BCUT2D eigenvalue weighted by atomic mass is 10.2. The maximum Gasteiger partial charge on any atom is 0.248 e. The number of nitrogens with one attached hydrogen (secondary N) is 1. The molecule has 0 aliphatic rings. The van der Waals surface area contributed by atoms with Crippen molar-refractivity contribution in [3.63, 3.8) is 0 Å². The first kappa shape index (κ1) is 12.6.